The normalized spacial score (nSPS) is 12.2. The largest absolute Gasteiger partial charge is 0.423 e. The van der Waals surface area contributed by atoms with E-state index in [4.69, 9.17) is 4.74 Å². The molecule has 0 spiro atoms. The van der Waals surface area contributed by atoms with Crippen LogP contribution in [0.2, 0.25) is 0 Å². The molecular formula is C18H26O2. The fraction of sp³-hybridized carbons (Fsp3) is 0.500. The lowest BCUT2D eigenvalue weighted by atomic mass is 9.79. The number of carbonyl (C=O) groups excluding carboxylic acids is 1. The number of para-hydroxylation sites is 1. The van der Waals surface area contributed by atoms with Crippen molar-refractivity contribution >= 4 is 5.97 Å². The summed E-state index contributed by atoms with van der Waals surface area (Å²) in [6.07, 6.45) is 0. The Morgan fingerprint density at radius 3 is 1.70 bits per heavy atom. The zero-order valence-corrected chi connectivity index (χ0v) is 13.8. The van der Waals surface area contributed by atoms with Crippen LogP contribution in [0.5, 0.6) is 5.75 Å². The van der Waals surface area contributed by atoms with Gasteiger partial charge in [0.15, 0.2) is 0 Å². The standard InChI is InChI=1S/C18H26O2/c1-12(2)16(19)20-15-13(17(3,4)5)10-9-11-14(15)18(6,7)8/h9-11H,1H2,2-8H3. The smallest absolute Gasteiger partial charge is 0.338 e. The lowest BCUT2D eigenvalue weighted by Crippen LogP contribution is -2.21. The van der Waals surface area contributed by atoms with Gasteiger partial charge < -0.3 is 4.74 Å². The molecule has 1 rings (SSSR count). The van der Waals surface area contributed by atoms with Gasteiger partial charge in [-0.05, 0) is 17.8 Å². The second kappa shape index (κ2) is 5.43. The van der Waals surface area contributed by atoms with Crippen molar-refractivity contribution < 1.29 is 9.53 Å². The first kappa shape index (κ1) is 16.5. The van der Waals surface area contributed by atoms with Gasteiger partial charge in [-0.3, -0.25) is 0 Å². The van der Waals surface area contributed by atoms with Crippen LogP contribution in [0.25, 0.3) is 0 Å². The summed E-state index contributed by atoms with van der Waals surface area (Å²) < 4.78 is 5.65. The second-order valence-electron chi connectivity index (χ2n) is 7.35. The van der Waals surface area contributed by atoms with Crippen molar-refractivity contribution in [2.75, 3.05) is 0 Å². The van der Waals surface area contributed by atoms with Crippen LogP contribution in [0.3, 0.4) is 0 Å². The van der Waals surface area contributed by atoms with E-state index >= 15 is 0 Å². The van der Waals surface area contributed by atoms with Gasteiger partial charge in [0.05, 0.1) is 0 Å². The molecule has 1 aromatic rings. The van der Waals surface area contributed by atoms with Gasteiger partial charge in [0.2, 0.25) is 0 Å². The summed E-state index contributed by atoms with van der Waals surface area (Å²) in [6.45, 7) is 18.0. The molecule has 0 fully saturated rings. The molecule has 0 bridgehead atoms. The van der Waals surface area contributed by atoms with Gasteiger partial charge in [0.25, 0.3) is 0 Å². The minimum absolute atomic E-state index is 0.0913. The molecule has 0 atom stereocenters. The van der Waals surface area contributed by atoms with Crippen molar-refractivity contribution in [3.63, 3.8) is 0 Å². The van der Waals surface area contributed by atoms with Crippen molar-refractivity contribution in [3.05, 3.63) is 41.5 Å². The van der Waals surface area contributed by atoms with Gasteiger partial charge in [-0.1, -0.05) is 66.3 Å². The van der Waals surface area contributed by atoms with E-state index in [1.54, 1.807) is 6.92 Å². The highest BCUT2D eigenvalue weighted by atomic mass is 16.5. The predicted molar refractivity (Wildman–Crippen MR) is 84.3 cm³/mol. The Morgan fingerprint density at radius 1 is 1.00 bits per heavy atom. The fourth-order valence-electron chi connectivity index (χ4n) is 2.01. The maximum atomic E-state index is 11.9. The molecule has 0 heterocycles. The van der Waals surface area contributed by atoms with Crippen LogP contribution in [0, 0.1) is 0 Å². The van der Waals surface area contributed by atoms with E-state index in [-0.39, 0.29) is 16.8 Å². The first-order valence-corrected chi connectivity index (χ1v) is 6.96. The minimum Gasteiger partial charge on any atom is -0.423 e. The number of rotatable bonds is 2. The van der Waals surface area contributed by atoms with E-state index < -0.39 is 0 Å². The molecular weight excluding hydrogens is 248 g/mol. The Kier molecular flexibility index (Phi) is 4.48. The van der Waals surface area contributed by atoms with E-state index in [2.05, 4.69) is 48.1 Å². The molecule has 0 saturated heterocycles. The van der Waals surface area contributed by atoms with E-state index in [1.165, 1.54) is 0 Å². The molecule has 110 valence electrons. The quantitative estimate of drug-likeness (QED) is 0.441. The van der Waals surface area contributed by atoms with Gasteiger partial charge in [-0.25, -0.2) is 4.79 Å². The zero-order chi connectivity index (χ0) is 15.7. The molecule has 0 aliphatic heterocycles. The minimum atomic E-state index is -0.368. The predicted octanol–water partition coefficient (Wildman–Crippen LogP) is 4.76. The molecule has 0 unspecified atom stereocenters. The number of hydrogen-bond donors (Lipinski definition) is 0. The molecule has 0 saturated carbocycles. The Bertz CT molecular complexity index is 493. The highest BCUT2D eigenvalue weighted by Crippen LogP contribution is 2.39. The topological polar surface area (TPSA) is 26.3 Å². The SMILES string of the molecule is C=C(C)C(=O)Oc1c(C(C)(C)C)cccc1C(C)(C)C. The molecule has 0 aliphatic carbocycles. The van der Waals surface area contributed by atoms with Crippen LogP contribution >= 0.6 is 0 Å². The zero-order valence-electron chi connectivity index (χ0n) is 13.8. The fourth-order valence-corrected chi connectivity index (χ4v) is 2.01. The van der Waals surface area contributed by atoms with Gasteiger partial charge in [0, 0.05) is 16.7 Å². The van der Waals surface area contributed by atoms with E-state index in [9.17, 15) is 4.79 Å². The summed E-state index contributed by atoms with van der Waals surface area (Å²) in [7, 11) is 0. The number of esters is 1. The molecule has 0 amide bonds. The van der Waals surface area contributed by atoms with Crippen LogP contribution in [-0.2, 0) is 15.6 Å². The third-order valence-corrected chi connectivity index (χ3v) is 3.17. The van der Waals surface area contributed by atoms with Crippen LogP contribution in [0.15, 0.2) is 30.4 Å². The molecule has 2 nitrogen and oxygen atoms in total. The maximum absolute atomic E-state index is 11.9. The molecule has 0 aromatic heterocycles. The Morgan fingerprint density at radius 2 is 1.40 bits per heavy atom. The van der Waals surface area contributed by atoms with Gasteiger partial charge in [-0.2, -0.15) is 0 Å². The Labute approximate surface area is 122 Å². The van der Waals surface area contributed by atoms with Gasteiger partial charge in [0.1, 0.15) is 5.75 Å². The maximum Gasteiger partial charge on any atom is 0.338 e. The van der Waals surface area contributed by atoms with E-state index in [0.29, 0.717) is 11.3 Å². The van der Waals surface area contributed by atoms with Crippen molar-refractivity contribution in [2.45, 2.75) is 59.3 Å². The first-order valence-electron chi connectivity index (χ1n) is 6.96. The van der Waals surface area contributed by atoms with Crippen molar-refractivity contribution in [2.24, 2.45) is 0 Å². The van der Waals surface area contributed by atoms with Crippen LogP contribution in [-0.4, -0.2) is 5.97 Å². The summed E-state index contributed by atoms with van der Waals surface area (Å²) in [6, 6.07) is 6.08. The lowest BCUT2D eigenvalue weighted by Gasteiger charge is -2.28. The molecule has 0 N–H and O–H groups in total. The molecule has 1 aromatic carbocycles. The molecule has 2 heteroatoms. The van der Waals surface area contributed by atoms with Gasteiger partial charge in [-0.15, -0.1) is 0 Å². The van der Waals surface area contributed by atoms with Crippen molar-refractivity contribution in [1.29, 1.82) is 0 Å². The molecule has 20 heavy (non-hydrogen) atoms. The average Bonchev–Trinajstić information content (AvgIpc) is 2.25. The van der Waals surface area contributed by atoms with Crippen LogP contribution in [0.4, 0.5) is 0 Å². The lowest BCUT2D eigenvalue weighted by molar-refractivity contribution is -0.130. The van der Waals surface area contributed by atoms with Crippen LogP contribution < -0.4 is 4.74 Å². The second-order valence-corrected chi connectivity index (χ2v) is 7.35. The number of benzene rings is 1. The van der Waals surface area contributed by atoms with E-state index in [1.807, 2.05) is 18.2 Å². The van der Waals surface area contributed by atoms with E-state index in [0.717, 1.165) is 11.1 Å². The highest BCUT2D eigenvalue weighted by molar-refractivity contribution is 5.89. The third kappa shape index (κ3) is 3.72. The first-order chi connectivity index (χ1) is 8.94. The summed E-state index contributed by atoms with van der Waals surface area (Å²) in [5.41, 5.74) is 2.31. The third-order valence-electron chi connectivity index (χ3n) is 3.17. The summed E-state index contributed by atoms with van der Waals surface area (Å²) in [4.78, 5) is 11.9. The number of carbonyl (C=O) groups is 1. The summed E-state index contributed by atoms with van der Waals surface area (Å²) >= 11 is 0. The summed E-state index contributed by atoms with van der Waals surface area (Å²) in [5, 5.41) is 0. The molecule has 0 radical (unpaired) electrons. The Hall–Kier alpha value is -1.57. The van der Waals surface area contributed by atoms with Crippen molar-refractivity contribution in [1.82, 2.24) is 0 Å². The van der Waals surface area contributed by atoms with Crippen LogP contribution in [0.1, 0.15) is 59.6 Å². The Balaban J connectivity index is 3.49. The average molecular weight is 274 g/mol. The number of hydrogen-bond acceptors (Lipinski definition) is 2. The highest BCUT2D eigenvalue weighted by Gasteiger charge is 2.27. The monoisotopic (exact) mass is 274 g/mol. The number of ether oxygens (including phenoxy) is 1. The summed E-state index contributed by atoms with van der Waals surface area (Å²) in [5.74, 6) is 0.313. The van der Waals surface area contributed by atoms with Gasteiger partial charge >= 0.3 is 5.97 Å². The van der Waals surface area contributed by atoms with Crippen molar-refractivity contribution in [3.8, 4) is 5.75 Å². The molecule has 0 aliphatic rings.